The van der Waals surface area contributed by atoms with Crippen molar-refractivity contribution in [2.45, 2.75) is 65.0 Å². The van der Waals surface area contributed by atoms with Crippen LogP contribution in [-0.2, 0) is 16.0 Å². The van der Waals surface area contributed by atoms with Gasteiger partial charge < -0.3 is 19.3 Å². The van der Waals surface area contributed by atoms with Crippen LogP contribution in [0, 0.1) is 5.92 Å². The molecule has 1 aliphatic heterocycles. The number of rotatable bonds is 12. The van der Waals surface area contributed by atoms with E-state index in [2.05, 4.69) is 15.0 Å². The van der Waals surface area contributed by atoms with Gasteiger partial charge in [0.05, 0.1) is 24.3 Å². The molecule has 0 N–H and O–H groups in total. The van der Waals surface area contributed by atoms with E-state index in [9.17, 15) is 18.4 Å². The molecule has 0 aromatic carbocycles. The van der Waals surface area contributed by atoms with Crippen LogP contribution < -0.4 is 14.4 Å². The van der Waals surface area contributed by atoms with Gasteiger partial charge in [0.2, 0.25) is 11.8 Å². The maximum absolute atomic E-state index is 12.9. The van der Waals surface area contributed by atoms with Gasteiger partial charge in [-0.1, -0.05) is 6.92 Å². The van der Waals surface area contributed by atoms with Gasteiger partial charge in [0, 0.05) is 44.5 Å². The number of pyridine rings is 1. The Hall–Kier alpha value is -3.37. The molecule has 2 aromatic heterocycles. The number of carbonyl (C=O) groups is 2. The first-order chi connectivity index (χ1) is 17.2. The van der Waals surface area contributed by atoms with Gasteiger partial charge in [-0.25, -0.2) is 23.7 Å². The van der Waals surface area contributed by atoms with E-state index >= 15 is 0 Å². The Morgan fingerprint density at radius 3 is 2.50 bits per heavy atom. The maximum atomic E-state index is 12.9. The molecule has 2 amide bonds. The minimum absolute atomic E-state index is 0.0563. The lowest BCUT2D eigenvalue weighted by atomic mass is 9.98. The molecule has 0 spiro atoms. The minimum Gasteiger partial charge on any atom is -0.479 e. The third kappa shape index (κ3) is 7.08. The van der Waals surface area contributed by atoms with Crippen molar-refractivity contribution in [1.82, 2.24) is 19.9 Å². The van der Waals surface area contributed by atoms with E-state index < -0.39 is 19.1 Å². The zero-order valence-corrected chi connectivity index (χ0v) is 21.1. The fraction of sp³-hybridized carbons (Fsp3) is 0.560. The van der Waals surface area contributed by atoms with Gasteiger partial charge in [-0.3, -0.25) is 9.59 Å². The maximum Gasteiger partial charge on any atom is 0.272 e. The first kappa shape index (κ1) is 27.2. The normalized spacial score (nSPS) is 16.5. The minimum atomic E-state index is -2.59. The fourth-order valence-electron chi connectivity index (χ4n) is 3.82. The molecule has 1 aliphatic rings. The summed E-state index contributed by atoms with van der Waals surface area (Å²) in [5, 5.41) is 0. The molecule has 0 aliphatic carbocycles. The monoisotopic (exact) mass is 505 g/mol. The smallest absolute Gasteiger partial charge is 0.272 e. The molecule has 2 atom stereocenters. The summed E-state index contributed by atoms with van der Waals surface area (Å²) in [5.41, 5.74) is 0.575. The second-order valence-electron chi connectivity index (χ2n) is 8.96. The van der Waals surface area contributed by atoms with Gasteiger partial charge in [0.15, 0.2) is 12.7 Å². The number of alkyl halides is 2. The van der Waals surface area contributed by atoms with Crippen molar-refractivity contribution in [3.05, 3.63) is 36.5 Å². The largest absolute Gasteiger partial charge is 0.479 e. The van der Waals surface area contributed by atoms with Crippen molar-refractivity contribution < 1.29 is 27.8 Å². The summed E-state index contributed by atoms with van der Waals surface area (Å²) in [6, 6.07) is 3.09. The Kier molecular flexibility index (Phi) is 9.49. The highest BCUT2D eigenvalue weighted by molar-refractivity contribution is 5.98. The summed E-state index contributed by atoms with van der Waals surface area (Å²) in [6.45, 7) is 5.69. The molecule has 2 aromatic rings. The van der Waals surface area contributed by atoms with Crippen LogP contribution in [0.15, 0.2) is 30.7 Å². The van der Waals surface area contributed by atoms with Crippen molar-refractivity contribution in [1.29, 1.82) is 0 Å². The lowest BCUT2D eigenvalue weighted by molar-refractivity contribution is -0.136. The molecule has 3 heterocycles. The van der Waals surface area contributed by atoms with Gasteiger partial charge in [-0.15, -0.1) is 0 Å². The zero-order chi connectivity index (χ0) is 26.2. The lowest BCUT2D eigenvalue weighted by Crippen LogP contribution is -2.37. The molecule has 11 heteroatoms. The summed E-state index contributed by atoms with van der Waals surface area (Å²) in [6.07, 6.45) is 3.72. The third-order valence-corrected chi connectivity index (χ3v) is 6.19. The molecule has 9 nitrogen and oxygen atoms in total. The van der Waals surface area contributed by atoms with Gasteiger partial charge in [-0.2, -0.15) is 0 Å². The molecule has 0 radical (unpaired) electrons. The molecule has 1 fully saturated rings. The highest BCUT2D eigenvalue weighted by Gasteiger charge is 2.35. The molecule has 36 heavy (non-hydrogen) atoms. The topological polar surface area (TPSA) is 97.8 Å². The Bertz CT molecular complexity index is 1000. The van der Waals surface area contributed by atoms with Crippen LogP contribution in [0.3, 0.4) is 0 Å². The Morgan fingerprint density at radius 2 is 1.92 bits per heavy atom. The highest BCUT2D eigenvalue weighted by atomic mass is 19.3. The number of amides is 2. The van der Waals surface area contributed by atoms with E-state index in [0.717, 1.165) is 6.42 Å². The quantitative estimate of drug-likeness (QED) is 0.435. The number of halogens is 2. The first-order valence-electron chi connectivity index (χ1n) is 12.1. The molecule has 196 valence electrons. The molecule has 3 rings (SSSR count). The Morgan fingerprint density at radius 1 is 1.19 bits per heavy atom. The average Bonchev–Trinajstić information content (AvgIpc) is 3.23. The standard InChI is InChI=1S/C25H33F2N5O4/c1-5-17(24(33)31(4)16(2)3)6-8-22-28-12-18(13-29-22)32-11-10-20(25(32)34)36-19-7-9-23(30-14-19)35-15-21(26)27/h7,9,12-14,16-17,20-21H,5-6,8,10-11,15H2,1-4H3/t17?,20-/m1/s1. The number of anilines is 1. The van der Waals surface area contributed by atoms with E-state index in [1.54, 1.807) is 22.2 Å². The van der Waals surface area contributed by atoms with Crippen molar-refractivity contribution in [3.63, 3.8) is 0 Å². The Labute approximate surface area is 209 Å². The van der Waals surface area contributed by atoms with Crippen LogP contribution in [0.1, 0.15) is 45.9 Å². The van der Waals surface area contributed by atoms with Crippen LogP contribution >= 0.6 is 0 Å². The number of hydrogen-bond acceptors (Lipinski definition) is 7. The van der Waals surface area contributed by atoms with E-state index in [4.69, 9.17) is 9.47 Å². The summed E-state index contributed by atoms with van der Waals surface area (Å²) >= 11 is 0. The number of aromatic nitrogens is 3. The predicted octanol–water partition coefficient (Wildman–Crippen LogP) is 3.53. The number of hydrogen-bond donors (Lipinski definition) is 0. The van der Waals surface area contributed by atoms with Crippen molar-refractivity contribution in [3.8, 4) is 11.6 Å². The van der Waals surface area contributed by atoms with Crippen LogP contribution in [0.5, 0.6) is 11.6 Å². The van der Waals surface area contributed by atoms with Crippen molar-refractivity contribution >= 4 is 17.5 Å². The zero-order valence-electron chi connectivity index (χ0n) is 21.1. The third-order valence-electron chi connectivity index (χ3n) is 6.19. The highest BCUT2D eigenvalue weighted by Crippen LogP contribution is 2.25. The van der Waals surface area contributed by atoms with Crippen LogP contribution in [0.4, 0.5) is 14.5 Å². The predicted molar refractivity (Wildman–Crippen MR) is 129 cm³/mol. The molecular weight excluding hydrogens is 472 g/mol. The van der Waals surface area contributed by atoms with Crippen LogP contribution in [-0.4, -0.2) is 70.4 Å². The van der Waals surface area contributed by atoms with Gasteiger partial charge in [-0.05, 0) is 32.8 Å². The number of nitrogens with zero attached hydrogens (tertiary/aromatic N) is 5. The summed E-state index contributed by atoms with van der Waals surface area (Å²) in [7, 11) is 1.82. The number of aryl methyl sites for hydroxylation is 1. The van der Waals surface area contributed by atoms with E-state index in [1.165, 1.54) is 18.3 Å². The van der Waals surface area contributed by atoms with E-state index in [-0.39, 0.29) is 29.7 Å². The molecule has 1 saturated heterocycles. The summed E-state index contributed by atoms with van der Waals surface area (Å²) in [4.78, 5) is 41.5. The number of carbonyl (C=O) groups excluding carboxylic acids is 2. The second-order valence-corrected chi connectivity index (χ2v) is 8.96. The van der Waals surface area contributed by atoms with Crippen molar-refractivity contribution in [2.24, 2.45) is 5.92 Å². The molecular formula is C25H33F2N5O4. The van der Waals surface area contributed by atoms with Crippen LogP contribution in [0.2, 0.25) is 0 Å². The van der Waals surface area contributed by atoms with E-state index in [0.29, 0.717) is 43.1 Å². The summed E-state index contributed by atoms with van der Waals surface area (Å²) < 4.78 is 35.1. The molecule has 0 saturated carbocycles. The summed E-state index contributed by atoms with van der Waals surface area (Å²) in [5.74, 6) is 0.839. The van der Waals surface area contributed by atoms with Gasteiger partial charge in [0.1, 0.15) is 11.6 Å². The van der Waals surface area contributed by atoms with Crippen molar-refractivity contribution in [2.75, 3.05) is 25.1 Å². The fourth-order valence-corrected chi connectivity index (χ4v) is 3.82. The van der Waals surface area contributed by atoms with E-state index in [1.807, 2.05) is 27.8 Å². The Balaban J connectivity index is 1.53. The number of ether oxygens (including phenoxy) is 2. The first-order valence-corrected chi connectivity index (χ1v) is 12.1. The lowest BCUT2D eigenvalue weighted by Gasteiger charge is -2.26. The second kappa shape index (κ2) is 12.5. The van der Waals surface area contributed by atoms with Gasteiger partial charge >= 0.3 is 0 Å². The van der Waals surface area contributed by atoms with Crippen LogP contribution in [0.25, 0.3) is 0 Å². The molecule has 1 unspecified atom stereocenters. The van der Waals surface area contributed by atoms with Gasteiger partial charge in [0.25, 0.3) is 12.3 Å². The molecule has 0 bridgehead atoms. The SMILES string of the molecule is CCC(CCc1ncc(N2CC[C@@H](Oc3ccc(OCC(F)F)nc3)C2=O)cn1)C(=O)N(C)C(C)C. The average molecular weight is 506 g/mol.